The molecule has 2 aromatic rings. The molecule has 11 nitrogen and oxygen atoms in total. The molecule has 3 atom stereocenters. The van der Waals surface area contributed by atoms with E-state index in [1.807, 2.05) is 36.4 Å². The zero-order valence-corrected chi connectivity index (χ0v) is 26.8. The first-order valence-corrected chi connectivity index (χ1v) is 14.0. The highest BCUT2D eigenvalue weighted by atomic mass is 35.5. The van der Waals surface area contributed by atoms with Gasteiger partial charge in [-0.2, -0.15) is 0 Å². The number of rotatable bonds is 8. The molecule has 0 spiro atoms. The molecule has 0 fully saturated rings. The van der Waals surface area contributed by atoms with Gasteiger partial charge < -0.3 is 25.3 Å². The first kappa shape index (κ1) is 36.0. The lowest BCUT2D eigenvalue weighted by Gasteiger charge is -2.31. The van der Waals surface area contributed by atoms with E-state index in [9.17, 15) is 24.0 Å². The minimum atomic E-state index is -1.23. The summed E-state index contributed by atoms with van der Waals surface area (Å²) in [5, 5.41) is 2.82. The van der Waals surface area contributed by atoms with Gasteiger partial charge in [0, 0.05) is 31.9 Å². The van der Waals surface area contributed by atoms with Crippen molar-refractivity contribution in [3.8, 4) is 11.5 Å². The number of nitrogens with zero attached hydrogens (tertiary/aromatic N) is 1. The molecule has 0 saturated carbocycles. The number of carbonyl (C=O) groups excluding carboxylic acids is 5. The lowest BCUT2D eigenvalue weighted by atomic mass is 9.80. The summed E-state index contributed by atoms with van der Waals surface area (Å²) < 4.78 is 16.3. The van der Waals surface area contributed by atoms with Crippen molar-refractivity contribution in [2.45, 2.75) is 78.5 Å². The highest BCUT2D eigenvalue weighted by molar-refractivity contribution is 6.00. The fourth-order valence-electron chi connectivity index (χ4n) is 4.70. The van der Waals surface area contributed by atoms with Crippen molar-refractivity contribution in [1.29, 1.82) is 0 Å². The Labute approximate surface area is 263 Å². The molecule has 0 aromatic heterocycles. The molecule has 3 N–H and O–H groups in total. The average Bonchev–Trinajstić information content (AvgIpc) is 2.91. The molecule has 1 aliphatic rings. The normalized spacial score (nSPS) is 15.3. The molecular formula is C32H40ClN3O8. The van der Waals surface area contributed by atoms with Crippen LogP contribution >= 0.6 is 12.4 Å². The van der Waals surface area contributed by atoms with Crippen molar-refractivity contribution in [3.63, 3.8) is 0 Å². The second-order valence-electron chi connectivity index (χ2n) is 11.4. The predicted octanol–water partition coefficient (Wildman–Crippen LogP) is 4.30. The second kappa shape index (κ2) is 15.0. The summed E-state index contributed by atoms with van der Waals surface area (Å²) in [6, 6.07) is 10.6. The zero-order valence-electron chi connectivity index (χ0n) is 26.0. The van der Waals surface area contributed by atoms with Gasteiger partial charge in [0.05, 0.1) is 6.04 Å². The van der Waals surface area contributed by atoms with Crippen molar-refractivity contribution in [2.24, 2.45) is 5.73 Å². The van der Waals surface area contributed by atoms with E-state index < -0.39 is 47.5 Å². The van der Waals surface area contributed by atoms with E-state index >= 15 is 0 Å². The number of amides is 3. The Morgan fingerprint density at radius 2 is 1.59 bits per heavy atom. The second-order valence-corrected chi connectivity index (χ2v) is 11.4. The maximum atomic E-state index is 13.4. The Morgan fingerprint density at radius 1 is 0.977 bits per heavy atom. The van der Waals surface area contributed by atoms with Gasteiger partial charge >= 0.3 is 18.0 Å². The Kier molecular flexibility index (Phi) is 12.3. The number of nitrogens with one attached hydrogen (secondary N) is 1. The number of fused-ring (bicyclic) bond motifs is 1. The van der Waals surface area contributed by atoms with E-state index in [1.165, 1.54) is 33.8 Å². The van der Waals surface area contributed by atoms with Gasteiger partial charge in [-0.1, -0.05) is 42.5 Å². The number of allylic oxidation sites excluding steroid dienone is 1. The highest BCUT2D eigenvalue weighted by Gasteiger charge is 2.36. The SMILES string of the molecule is CC(=O)Oc1ccc2c(c1OC(C)=O)CC(c1ccccc1)C=C2CNC(=O)C(C)N(C(=O)OC(C)(C)C)C(=O)C(C)N.Cl. The van der Waals surface area contributed by atoms with Crippen LogP contribution in [0.4, 0.5) is 4.79 Å². The number of imide groups is 1. The summed E-state index contributed by atoms with van der Waals surface area (Å²) in [5.41, 5.74) is 7.86. The molecule has 0 saturated heterocycles. The predicted molar refractivity (Wildman–Crippen MR) is 166 cm³/mol. The standard InChI is InChI=1S/C32H39N3O8.ClH/c1-18(33)30(39)35(31(40)43-32(5,6)7)19(2)29(38)34-17-24-15-23(22-11-9-8-10-12-22)16-26-25(24)13-14-27(41-20(3)36)28(26)42-21(4)37;/h8-15,18-19,23H,16-17,33H2,1-7H3,(H,34,38);1H. The number of hydrogen-bond acceptors (Lipinski definition) is 9. The van der Waals surface area contributed by atoms with Crippen molar-refractivity contribution in [2.75, 3.05) is 6.54 Å². The monoisotopic (exact) mass is 629 g/mol. The maximum absolute atomic E-state index is 13.4. The van der Waals surface area contributed by atoms with Gasteiger partial charge in [0.1, 0.15) is 11.6 Å². The Hall–Kier alpha value is -4.22. The smallest absolute Gasteiger partial charge is 0.417 e. The number of esters is 2. The van der Waals surface area contributed by atoms with Crippen LogP contribution in [-0.2, 0) is 30.3 Å². The molecule has 0 radical (unpaired) electrons. The summed E-state index contributed by atoms with van der Waals surface area (Å²) >= 11 is 0. The average molecular weight is 630 g/mol. The summed E-state index contributed by atoms with van der Waals surface area (Å²) in [6.45, 7) is 10.3. The molecule has 238 valence electrons. The van der Waals surface area contributed by atoms with Crippen LogP contribution in [0.2, 0.25) is 0 Å². The van der Waals surface area contributed by atoms with Crippen molar-refractivity contribution >= 4 is 47.8 Å². The van der Waals surface area contributed by atoms with Crippen LogP contribution in [0.15, 0.2) is 48.5 Å². The molecule has 0 bridgehead atoms. The van der Waals surface area contributed by atoms with Crippen LogP contribution < -0.4 is 20.5 Å². The number of hydrogen-bond donors (Lipinski definition) is 2. The maximum Gasteiger partial charge on any atom is 0.417 e. The van der Waals surface area contributed by atoms with Crippen molar-refractivity contribution in [3.05, 3.63) is 65.2 Å². The Bertz CT molecular complexity index is 1430. The summed E-state index contributed by atoms with van der Waals surface area (Å²) in [4.78, 5) is 63.7. The molecule has 3 amide bonds. The first-order chi connectivity index (χ1) is 20.1. The van der Waals surface area contributed by atoms with Gasteiger partial charge in [0.25, 0.3) is 0 Å². The number of carbonyl (C=O) groups is 5. The van der Waals surface area contributed by atoms with Crippen LogP contribution in [0.1, 0.15) is 71.1 Å². The summed E-state index contributed by atoms with van der Waals surface area (Å²) in [7, 11) is 0. The van der Waals surface area contributed by atoms with E-state index in [4.69, 9.17) is 19.9 Å². The molecule has 3 unspecified atom stereocenters. The Balaban J connectivity index is 0.00000675. The quantitative estimate of drug-likeness (QED) is 0.321. The molecule has 1 aliphatic carbocycles. The lowest BCUT2D eigenvalue weighted by Crippen LogP contribution is -2.56. The van der Waals surface area contributed by atoms with E-state index in [0.29, 0.717) is 23.1 Å². The molecule has 44 heavy (non-hydrogen) atoms. The highest BCUT2D eigenvalue weighted by Crippen LogP contribution is 2.43. The third kappa shape index (κ3) is 9.14. The topological polar surface area (TPSA) is 154 Å². The summed E-state index contributed by atoms with van der Waals surface area (Å²) in [6.07, 6.45) is 1.46. The number of nitrogens with two attached hydrogens (primary N) is 1. The Morgan fingerprint density at radius 3 is 2.14 bits per heavy atom. The zero-order chi connectivity index (χ0) is 32.1. The van der Waals surface area contributed by atoms with Crippen LogP contribution in [0, 0.1) is 0 Å². The van der Waals surface area contributed by atoms with Gasteiger partial charge in [0.15, 0.2) is 11.5 Å². The van der Waals surface area contributed by atoms with E-state index in [-0.39, 0.29) is 36.4 Å². The molecular weight excluding hydrogens is 590 g/mol. The molecule has 12 heteroatoms. The molecule has 2 aromatic carbocycles. The summed E-state index contributed by atoms with van der Waals surface area (Å²) in [5.74, 6) is -2.46. The van der Waals surface area contributed by atoms with Gasteiger partial charge in [-0.05, 0) is 63.8 Å². The number of halogens is 1. The fraction of sp³-hybridized carbons (Fsp3) is 0.406. The number of ether oxygens (including phenoxy) is 3. The van der Waals surface area contributed by atoms with Crippen molar-refractivity contribution < 1.29 is 38.2 Å². The van der Waals surface area contributed by atoms with Gasteiger partial charge in [0.2, 0.25) is 11.8 Å². The van der Waals surface area contributed by atoms with Crippen molar-refractivity contribution in [1.82, 2.24) is 10.2 Å². The third-order valence-electron chi connectivity index (χ3n) is 6.56. The van der Waals surface area contributed by atoms with E-state index in [2.05, 4.69) is 5.32 Å². The van der Waals surface area contributed by atoms with Gasteiger partial charge in [-0.25, -0.2) is 9.69 Å². The minimum Gasteiger partial charge on any atom is -0.443 e. The third-order valence-corrected chi connectivity index (χ3v) is 6.56. The van der Waals surface area contributed by atoms with Crippen LogP contribution in [0.3, 0.4) is 0 Å². The minimum absolute atomic E-state index is 0. The molecule has 0 aliphatic heterocycles. The molecule has 0 heterocycles. The fourth-order valence-corrected chi connectivity index (χ4v) is 4.70. The lowest BCUT2D eigenvalue weighted by molar-refractivity contribution is -0.139. The van der Waals surface area contributed by atoms with Crippen LogP contribution in [0.5, 0.6) is 11.5 Å². The largest absolute Gasteiger partial charge is 0.443 e. The van der Waals surface area contributed by atoms with E-state index in [0.717, 1.165) is 10.5 Å². The van der Waals surface area contributed by atoms with Gasteiger partial charge in [-0.3, -0.25) is 19.2 Å². The van der Waals surface area contributed by atoms with Crippen LogP contribution in [0.25, 0.3) is 5.57 Å². The van der Waals surface area contributed by atoms with Crippen LogP contribution in [-0.4, -0.2) is 59.0 Å². The van der Waals surface area contributed by atoms with E-state index in [1.54, 1.807) is 26.8 Å². The number of benzene rings is 2. The first-order valence-electron chi connectivity index (χ1n) is 14.0. The van der Waals surface area contributed by atoms with Gasteiger partial charge in [-0.15, -0.1) is 12.4 Å². The molecule has 3 rings (SSSR count).